The first kappa shape index (κ1) is 17.3. The van der Waals surface area contributed by atoms with Crippen LogP contribution in [0.25, 0.3) is 0 Å². The molecule has 2 N–H and O–H groups in total. The third-order valence-electron chi connectivity index (χ3n) is 3.02. The summed E-state index contributed by atoms with van der Waals surface area (Å²) in [6.07, 6.45) is 1.09. The van der Waals surface area contributed by atoms with E-state index in [4.69, 9.17) is 4.74 Å². The van der Waals surface area contributed by atoms with E-state index in [0.29, 0.717) is 13.2 Å². The first-order chi connectivity index (χ1) is 10.2. The fraction of sp³-hybridized carbons (Fsp3) is 0.562. The Morgan fingerprint density at radius 1 is 1.24 bits per heavy atom. The van der Waals surface area contributed by atoms with Crippen LogP contribution in [0.1, 0.15) is 18.9 Å². The van der Waals surface area contributed by atoms with Gasteiger partial charge in [0, 0.05) is 25.7 Å². The number of guanidine groups is 1. The molecule has 0 bridgehead atoms. The summed E-state index contributed by atoms with van der Waals surface area (Å²) in [5.41, 5.74) is 1.13. The number of hydrogen-bond donors (Lipinski definition) is 2. The van der Waals surface area contributed by atoms with Crippen molar-refractivity contribution >= 4 is 5.96 Å². The summed E-state index contributed by atoms with van der Waals surface area (Å²) in [4.78, 5) is 6.41. The summed E-state index contributed by atoms with van der Waals surface area (Å²) in [7, 11) is 5.95. The smallest absolute Gasteiger partial charge is 0.191 e. The molecule has 118 valence electrons. The fourth-order valence-corrected chi connectivity index (χ4v) is 1.95. The van der Waals surface area contributed by atoms with Gasteiger partial charge >= 0.3 is 0 Å². The molecule has 0 aliphatic carbocycles. The van der Waals surface area contributed by atoms with Crippen LogP contribution in [-0.4, -0.2) is 51.7 Å². The molecular weight excluding hydrogens is 264 g/mol. The second-order valence-corrected chi connectivity index (χ2v) is 5.05. The Bertz CT molecular complexity index is 432. The highest BCUT2D eigenvalue weighted by atomic mass is 16.5. The van der Waals surface area contributed by atoms with E-state index in [9.17, 15) is 0 Å². The van der Waals surface area contributed by atoms with Crippen molar-refractivity contribution in [2.75, 3.05) is 40.8 Å². The van der Waals surface area contributed by atoms with Crippen LogP contribution in [0.2, 0.25) is 0 Å². The Morgan fingerprint density at radius 3 is 2.67 bits per heavy atom. The van der Waals surface area contributed by atoms with Crippen LogP contribution < -0.4 is 15.4 Å². The number of rotatable bonds is 8. The van der Waals surface area contributed by atoms with Crippen molar-refractivity contribution in [2.45, 2.75) is 19.9 Å². The van der Waals surface area contributed by atoms with Crippen molar-refractivity contribution in [1.29, 1.82) is 0 Å². The second-order valence-electron chi connectivity index (χ2n) is 5.05. The molecule has 1 aromatic carbocycles. The van der Waals surface area contributed by atoms with Crippen molar-refractivity contribution in [3.05, 3.63) is 29.8 Å². The summed E-state index contributed by atoms with van der Waals surface area (Å²) in [6.45, 7) is 5.34. The van der Waals surface area contributed by atoms with E-state index in [0.717, 1.165) is 36.8 Å². The number of para-hydroxylation sites is 1. The monoisotopic (exact) mass is 292 g/mol. The van der Waals surface area contributed by atoms with E-state index in [-0.39, 0.29) is 0 Å². The Hall–Kier alpha value is -1.75. The van der Waals surface area contributed by atoms with Gasteiger partial charge in [-0.2, -0.15) is 0 Å². The summed E-state index contributed by atoms with van der Waals surface area (Å²) in [5.74, 6) is 1.75. The zero-order valence-corrected chi connectivity index (χ0v) is 13.6. The lowest BCUT2D eigenvalue weighted by molar-refractivity contribution is 0.336. The second kappa shape index (κ2) is 10.0. The van der Waals surface area contributed by atoms with Gasteiger partial charge in [-0.05, 0) is 40.1 Å². The predicted molar refractivity (Wildman–Crippen MR) is 89.0 cm³/mol. The van der Waals surface area contributed by atoms with Crippen molar-refractivity contribution < 1.29 is 4.74 Å². The average molecular weight is 292 g/mol. The van der Waals surface area contributed by atoms with Crippen molar-refractivity contribution in [3.63, 3.8) is 0 Å². The van der Waals surface area contributed by atoms with Gasteiger partial charge < -0.3 is 20.3 Å². The van der Waals surface area contributed by atoms with Gasteiger partial charge in [-0.1, -0.05) is 18.2 Å². The Labute approximate surface area is 128 Å². The molecule has 0 spiro atoms. The van der Waals surface area contributed by atoms with Crippen LogP contribution in [0.15, 0.2) is 29.3 Å². The number of nitrogens with one attached hydrogen (secondary N) is 2. The average Bonchev–Trinajstić information content (AvgIpc) is 2.48. The Morgan fingerprint density at radius 2 is 2.00 bits per heavy atom. The lowest BCUT2D eigenvalue weighted by atomic mass is 10.2. The van der Waals surface area contributed by atoms with Crippen LogP contribution in [0.3, 0.4) is 0 Å². The zero-order chi connectivity index (χ0) is 15.5. The van der Waals surface area contributed by atoms with E-state index >= 15 is 0 Å². The summed E-state index contributed by atoms with van der Waals surface area (Å²) in [5, 5.41) is 6.64. The molecule has 5 nitrogen and oxygen atoms in total. The minimum Gasteiger partial charge on any atom is -0.494 e. The van der Waals surface area contributed by atoms with E-state index in [1.165, 1.54) is 0 Å². The van der Waals surface area contributed by atoms with Gasteiger partial charge in [0.25, 0.3) is 0 Å². The molecule has 0 saturated heterocycles. The summed E-state index contributed by atoms with van der Waals surface area (Å²) >= 11 is 0. The lowest BCUT2D eigenvalue weighted by Gasteiger charge is -2.15. The van der Waals surface area contributed by atoms with Crippen LogP contribution in [0.4, 0.5) is 0 Å². The SMILES string of the molecule is CCOc1ccccc1CNC(=NC)NCCCN(C)C. The number of ether oxygens (including phenoxy) is 1. The molecule has 5 heteroatoms. The minimum absolute atomic E-state index is 0.675. The van der Waals surface area contributed by atoms with E-state index in [2.05, 4.69) is 40.7 Å². The predicted octanol–water partition coefficient (Wildman–Crippen LogP) is 1.70. The fourth-order valence-electron chi connectivity index (χ4n) is 1.95. The molecule has 0 unspecified atom stereocenters. The van der Waals surface area contributed by atoms with Crippen LogP contribution in [0, 0.1) is 0 Å². The molecule has 21 heavy (non-hydrogen) atoms. The highest BCUT2D eigenvalue weighted by Crippen LogP contribution is 2.17. The lowest BCUT2D eigenvalue weighted by Crippen LogP contribution is -2.38. The number of aliphatic imine (C=N–C) groups is 1. The third kappa shape index (κ3) is 6.99. The normalized spacial score (nSPS) is 11.6. The molecule has 0 atom stereocenters. The molecule has 0 heterocycles. The van der Waals surface area contributed by atoms with Gasteiger partial charge in [0.05, 0.1) is 6.61 Å². The van der Waals surface area contributed by atoms with Gasteiger partial charge in [0.2, 0.25) is 0 Å². The van der Waals surface area contributed by atoms with Gasteiger partial charge in [-0.3, -0.25) is 4.99 Å². The number of hydrogen-bond acceptors (Lipinski definition) is 3. The molecule has 1 aromatic rings. The molecule has 0 aromatic heterocycles. The van der Waals surface area contributed by atoms with Crippen LogP contribution in [0.5, 0.6) is 5.75 Å². The third-order valence-corrected chi connectivity index (χ3v) is 3.02. The number of benzene rings is 1. The molecule has 1 rings (SSSR count). The van der Waals surface area contributed by atoms with E-state index < -0.39 is 0 Å². The maximum absolute atomic E-state index is 5.62. The van der Waals surface area contributed by atoms with Gasteiger partial charge in [0.15, 0.2) is 5.96 Å². The molecule has 0 aliphatic rings. The van der Waals surface area contributed by atoms with Crippen molar-refractivity contribution in [3.8, 4) is 5.75 Å². The molecular formula is C16H28N4O. The van der Waals surface area contributed by atoms with Gasteiger partial charge in [-0.25, -0.2) is 0 Å². The first-order valence-corrected chi connectivity index (χ1v) is 7.47. The van der Waals surface area contributed by atoms with Crippen molar-refractivity contribution in [1.82, 2.24) is 15.5 Å². The van der Waals surface area contributed by atoms with Gasteiger partial charge in [-0.15, -0.1) is 0 Å². The van der Waals surface area contributed by atoms with Gasteiger partial charge in [0.1, 0.15) is 5.75 Å². The maximum Gasteiger partial charge on any atom is 0.191 e. The van der Waals surface area contributed by atoms with E-state index in [1.807, 2.05) is 25.1 Å². The standard InChI is InChI=1S/C16H28N4O/c1-5-21-15-10-7-6-9-14(15)13-19-16(17-2)18-11-8-12-20(3)4/h6-7,9-10H,5,8,11-13H2,1-4H3,(H2,17,18,19). The number of nitrogens with zero attached hydrogens (tertiary/aromatic N) is 2. The molecule has 0 aliphatic heterocycles. The highest BCUT2D eigenvalue weighted by Gasteiger charge is 2.03. The largest absolute Gasteiger partial charge is 0.494 e. The minimum atomic E-state index is 0.675. The molecule has 0 saturated carbocycles. The Kier molecular flexibility index (Phi) is 8.28. The van der Waals surface area contributed by atoms with Crippen LogP contribution in [-0.2, 0) is 6.54 Å². The summed E-state index contributed by atoms with van der Waals surface area (Å²) < 4.78 is 5.62. The zero-order valence-electron chi connectivity index (χ0n) is 13.6. The molecule has 0 fully saturated rings. The molecule has 0 radical (unpaired) electrons. The first-order valence-electron chi connectivity index (χ1n) is 7.47. The van der Waals surface area contributed by atoms with Crippen molar-refractivity contribution in [2.24, 2.45) is 4.99 Å². The summed E-state index contributed by atoms with van der Waals surface area (Å²) in [6, 6.07) is 8.07. The molecule has 0 amide bonds. The van der Waals surface area contributed by atoms with E-state index in [1.54, 1.807) is 7.05 Å². The van der Waals surface area contributed by atoms with Crippen LogP contribution >= 0.6 is 0 Å². The topological polar surface area (TPSA) is 48.9 Å². The maximum atomic E-state index is 5.62. The highest BCUT2D eigenvalue weighted by molar-refractivity contribution is 5.79. The Balaban J connectivity index is 2.41. The quantitative estimate of drug-likeness (QED) is 0.435.